The Balaban J connectivity index is 1.39. The van der Waals surface area contributed by atoms with E-state index in [4.69, 9.17) is 0 Å². The first-order valence-corrected chi connectivity index (χ1v) is 13.5. The predicted molar refractivity (Wildman–Crippen MR) is 118 cm³/mol. The molecular formula is C20H24N6O4S2. The molecule has 0 atom stereocenters. The van der Waals surface area contributed by atoms with Crippen molar-refractivity contribution in [2.75, 3.05) is 32.4 Å². The number of piperazine rings is 1. The maximum atomic E-state index is 12.7. The van der Waals surface area contributed by atoms with E-state index in [1.165, 1.54) is 16.4 Å². The molecule has 1 saturated heterocycles. The van der Waals surface area contributed by atoms with Crippen molar-refractivity contribution in [3.8, 4) is 5.69 Å². The van der Waals surface area contributed by atoms with Crippen molar-refractivity contribution in [2.45, 2.75) is 17.2 Å². The van der Waals surface area contributed by atoms with Crippen LogP contribution in [0, 0.1) is 0 Å². The van der Waals surface area contributed by atoms with Gasteiger partial charge in [0.1, 0.15) is 0 Å². The molecule has 0 bridgehead atoms. The second-order valence-corrected chi connectivity index (χ2v) is 11.7. The molecule has 1 aliphatic heterocycles. The topological polar surface area (TPSA) is 118 Å². The minimum absolute atomic E-state index is 0.00440. The minimum atomic E-state index is -3.38. The molecule has 0 amide bonds. The van der Waals surface area contributed by atoms with Crippen LogP contribution in [0.3, 0.4) is 0 Å². The van der Waals surface area contributed by atoms with Crippen molar-refractivity contribution in [1.29, 1.82) is 0 Å². The molecule has 0 spiro atoms. The van der Waals surface area contributed by atoms with Crippen molar-refractivity contribution in [2.24, 2.45) is 0 Å². The van der Waals surface area contributed by atoms with E-state index < -0.39 is 19.9 Å². The lowest BCUT2D eigenvalue weighted by Crippen LogP contribution is -2.48. The second kappa shape index (κ2) is 9.06. The molecule has 0 N–H and O–H groups in total. The number of nitrogens with zero attached hydrogens (tertiary/aromatic N) is 6. The Hall–Kier alpha value is -2.67. The summed E-state index contributed by atoms with van der Waals surface area (Å²) >= 11 is 0. The van der Waals surface area contributed by atoms with E-state index in [1.807, 2.05) is 30.3 Å². The first-order chi connectivity index (χ1) is 15.2. The highest BCUT2D eigenvalue weighted by Gasteiger charge is 2.28. The number of hydrogen-bond acceptors (Lipinski definition) is 8. The van der Waals surface area contributed by atoms with E-state index in [0.29, 0.717) is 44.2 Å². The quantitative estimate of drug-likeness (QED) is 0.489. The SMILES string of the molecule is CS(=O)(=O)c1ccc(-n2nnnc2CN2CCN(S(=O)(=O)Cc3ccccc3)CC2)cc1. The lowest BCUT2D eigenvalue weighted by molar-refractivity contribution is 0.177. The van der Waals surface area contributed by atoms with E-state index in [9.17, 15) is 16.8 Å². The maximum absolute atomic E-state index is 12.7. The predicted octanol–water partition coefficient (Wildman–Crippen LogP) is 0.713. The van der Waals surface area contributed by atoms with Crippen LogP contribution in [0.15, 0.2) is 59.5 Å². The molecule has 3 aromatic rings. The highest BCUT2D eigenvalue weighted by molar-refractivity contribution is 7.90. The third-order valence-electron chi connectivity index (χ3n) is 5.33. The largest absolute Gasteiger partial charge is 0.293 e. The van der Waals surface area contributed by atoms with Crippen LogP contribution in [-0.4, -0.2) is 78.7 Å². The van der Waals surface area contributed by atoms with Crippen LogP contribution in [0.25, 0.3) is 5.69 Å². The lowest BCUT2D eigenvalue weighted by Gasteiger charge is -2.33. The van der Waals surface area contributed by atoms with Crippen LogP contribution in [0.2, 0.25) is 0 Å². The van der Waals surface area contributed by atoms with Gasteiger partial charge in [0, 0.05) is 32.4 Å². The fourth-order valence-electron chi connectivity index (χ4n) is 3.58. The average Bonchev–Trinajstić information content (AvgIpc) is 3.22. The summed E-state index contributed by atoms with van der Waals surface area (Å²) in [6, 6.07) is 15.5. The van der Waals surface area contributed by atoms with Gasteiger partial charge in [-0.1, -0.05) is 30.3 Å². The molecule has 10 nitrogen and oxygen atoms in total. The summed E-state index contributed by atoms with van der Waals surface area (Å²) in [5, 5.41) is 11.9. The summed E-state index contributed by atoms with van der Waals surface area (Å²) in [6.45, 7) is 2.38. The third kappa shape index (κ3) is 5.21. The zero-order valence-corrected chi connectivity index (χ0v) is 19.2. The molecule has 2 heterocycles. The molecule has 1 aliphatic rings. The van der Waals surface area contributed by atoms with Gasteiger partial charge in [-0.2, -0.15) is 8.99 Å². The van der Waals surface area contributed by atoms with Gasteiger partial charge in [0.15, 0.2) is 15.7 Å². The summed E-state index contributed by atoms with van der Waals surface area (Å²) in [5.74, 6) is 0.591. The van der Waals surface area contributed by atoms with Crippen LogP contribution in [0.4, 0.5) is 0 Å². The molecule has 0 unspecified atom stereocenters. The molecule has 1 fully saturated rings. The lowest BCUT2D eigenvalue weighted by atomic mass is 10.2. The maximum Gasteiger partial charge on any atom is 0.218 e. The molecule has 32 heavy (non-hydrogen) atoms. The van der Waals surface area contributed by atoms with E-state index >= 15 is 0 Å². The second-order valence-electron chi connectivity index (χ2n) is 7.69. The first kappa shape index (κ1) is 22.5. The highest BCUT2D eigenvalue weighted by atomic mass is 32.2. The molecule has 1 aromatic heterocycles. The van der Waals surface area contributed by atoms with Crippen LogP contribution >= 0.6 is 0 Å². The zero-order chi connectivity index (χ0) is 22.8. The Morgan fingerprint density at radius 2 is 1.53 bits per heavy atom. The minimum Gasteiger partial charge on any atom is -0.293 e. The summed E-state index contributed by atoms with van der Waals surface area (Å²) in [7, 11) is -6.66. The van der Waals surface area contributed by atoms with Crippen molar-refractivity contribution in [3.05, 3.63) is 66.0 Å². The number of tetrazole rings is 1. The van der Waals surface area contributed by atoms with Gasteiger partial charge in [-0.05, 0) is 40.3 Å². The number of aromatic nitrogens is 4. The van der Waals surface area contributed by atoms with Crippen LogP contribution in [0.1, 0.15) is 11.4 Å². The van der Waals surface area contributed by atoms with Gasteiger partial charge in [-0.25, -0.2) is 16.8 Å². The van der Waals surface area contributed by atoms with E-state index in [1.54, 1.807) is 16.8 Å². The van der Waals surface area contributed by atoms with Crippen molar-refractivity contribution in [1.82, 2.24) is 29.4 Å². The Morgan fingerprint density at radius 3 is 2.16 bits per heavy atom. The van der Waals surface area contributed by atoms with Crippen molar-refractivity contribution in [3.63, 3.8) is 0 Å². The third-order valence-corrected chi connectivity index (χ3v) is 8.30. The van der Waals surface area contributed by atoms with Crippen LogP contribution < -0.4 is 0 Å². The standard InChI is InChI=1S/C20H24N6O4S2/c1-31(27,28)19-9-7-18(8-10-19)26-20(21-22-23-26)15-24-11-13-25(14-12-24)32(29,30)16-17-5-3-2-4-6-17/h2-10H,11-16H2,1H3. The van der Waals surface area contributed by atoms with E-state index in [2.05, 4.69) is 20.4 Å². The molecule has 2 aromatic carbocycles. The summed E-state index contributed by atoms with van der Waals surface area (Å²) in [5.41, 5.74) is 1.43. The monoisotopic (exact) mass is 476 g/mol. The number of benzene rings is 2. The smallest absolute Gasteiger partial charge is 0.218 e. The number of sulfonamides is 1. The van der Waals surface area contributed by atoms with Gasteiger partial charge < -0.3 is 0 Å². The van der Waals surface area contributed by atoms with Crippen molar-refractivity contribution < 1.29 is 16.8 Å². The summed E-state index contributed by atoms with van der Waals surface area (Å²) in [4.78, 5) is 2.32. The van der Waals surface area contributed by atoms with Crippen molar-refractivity contribution >= 4 is 19.9 Å². The fraction of sp³-hybridized carbons (Fsp3) is 0.350. The van der Waals surface area contributed by atoms with Gasteiger partial charge in [0.2, 0.25) is 10.0 Å². The van der Waals surface area contributed by atoms with Crippen LogP contribution in [0.5, 0.6) is 0 Å². The Kier molecular flexibility index (Phi) is 6.38. The Labute approximate surface area is 187 Å². The molecule has 0 radical (unpaired) electrons. The zero-order valence-electron chi connectivity index (χ0n) is 17.6. The fourth-order valence-corrected chi connectivity index (χ4v) is 5.73. The first-order valence-electron chi connectivity index (χ1n) is 10.0. The molecular weight excluding hydrogens is 452 g/mol. The van der Waals surface area contributed by atoms with E-state index in [-0.39, 0.29) is 10.6 Å². The Bertz CT molecular complexity index is 1270. The Morgan fingerprint density at radius 1 is 0.875 bits per heavy atom. The number of rotatable bonds is 7. The number of sulfone groups is 1. The van der Waals surface area contributed by atoms with Gasteiger partial charge in [-0.3, -0.25) is 4.90 Å². The highest BCUT2D eigenvalue weighted by Crippen LogP contribution is 2.17. The molecule has 170 valence electrons. The summed E-state index contributed by atoms with van der Waals surface area (Å²) in [6.07, 6.45) is 1.16. The van der Waals surface area contributed by atoms with Gasteiger partial charge in [0.05, 0.1) is 22.9 Å². The average molecular weight is 477 g/mol. The molecule has 0 aliphatic carbocycles. The number of hydrogen-bond donors (Lipinski definition) is 0. The molecule has 12 heteroatoms. The molecule has 0 saturated carbocycles. The van der Waals surface area contributed by atoms with Gasteiger partial charge in [-0.15, -0.1) is 5.10 Å². The summed E-state index contributed by atoms with van der Waals surface area (Å²) < 4.78 is 51.9. The molecule has 4 rings (SSSR count). The normalized spacial score (nSPS) is 16.3. The van der Waals surface area contributed by atoms with Crippen LogP contribution in [-0.2, 0) is 32.2 Å². The van der Waals surface area contributed by atoms with Gasteiger partial charge in [0.25, 0.3) is 0 Å². The van der Waals surface area contributed by atoms with Gasteiger partial charge >= 0.3 is 0 Å². The van der Waals surface area contributed by atoms with E-state index in [0.717, 1.165) is 11.8 Å².